The molecular weight excluding hydrogens is 544 g/mol. The molecule has 1 aromatic heterocycles. The van der Waals surface area contributed by atoms with Gasteiger partial charge in [-0.3, -0.25) is 9.59 Å². The van der Waals surface area contributed by atoms with Crippen LogP contribution in [-0.4, -0.2) is 40.4 Å². The minimum atomic E-state index is -0.447. The number of fused-ring (bicyclic) bond motifs is 2. The van der Waals surface area contributed by atoms with Crippen molar-refractivity contribution >= 4 is 16.8 Å². The number of aromatic hydroxyl groups is 4. The van der Waals surface area contributed by atoms with Crippen LogP contribution < -0.4 is 19.6 Å². The van der Waals surface area contributed by atoms with E-state index in [-0.39, 0.29) is 57.2 Å². The average Bonchev–Trinajstić information content (AvgIpc) is 2.97. The van der Waals surface area contributed by atoms with Gasteiger partial charge in [0.25, 0.3) is 0 Å². The predicted octanol–water partition coefficient (Wildman–Crippen LogP) is 5.69. The molecule has 0 saturated carbocycles. The summed E-state index contributed by atoms with van der Waals surface area (Å²) in [6.45, 7) is 0. The van der Waals surface area contributed by atoms with Crippen molar-refractivity contribution in [1.29, 1.82) is 0 Å². The highest BCUT2D eigenvalue weighted by molar-refractivity contribution is 6.02. The van der Waals surface area contributed by atoms with E-state index in [0.717, 1.165) is 5.56 Å². The number of ketones is 1. The molecular formula is C32H26O10. The van der Waals surface area contributed by atoms with E-state index in [1.165, 1.54) is 44.6 Å². The lowest BCUT2D eigenvalue weighted by Crippen LogP contribution is -2.20. The Balaban J connectivity index is 0.000000168. The van der Waals surface area contributed by atoms with Crippen LogP contribution in [0.4, 0.5) is 0 Å². The lowest BCUT2D eigenvalue weighted by molar-refractivity contribution is 0.0844. The third-order valence-electron chi connectivity index (χ3n) is 6.65. The Morgan fingerprint density at radius 1 is 0.738 bits per heavy atom. The maximum atomic E-state index is 12.2. The van der Waals surface area contributed by atoms with Gasteiger partial charge in [0.2, 0.25) is 0 Å². The van der Waals surface area contributed by atoms with Gasteiger partial charge in [-0.1, -0.05) is 12.1 Å². The van der Waals surface area contributed by atoms with Crippen LogP contribution in [-0.2, 0) is 0 Å². The van der Waals surface area contributed by atoms with Crippen LogP contribution in [0.2, 0.25) is 0 Å². The van der Waals surface area contributed by atoms with Gasteiger partial charge in [0.15, 0.2) is 11.2 Å². The number of carbonyl (C=O) groups is 1. The van der Waals surface area contributed by atoms with E-state index in [2.05, 4.69) is 0 Å². The zero-order valence-electron chi connectivity index (χ0n) is 22.5. The van der Waals surface area contributed by atoms with Crippen LogP contribution in [0.25, 0.3) is 22.3 Å². The number of Topliss-reactive ketones (excluding diaryl/α,β-unsaturated/α-hetero) is 1. The SMILES string of the molecule is COc1cc(O)c2c(=O)cc(-c3ccc(O)cc3)oc2c1.COc1cc(O)c2c(c1)OC(c1ccc(O)cc1)CC2=O. The molecule has 0 bridgehead atoms. The van der Waals surface area contributed by atoms with E-state index in [1.54, 1.807) is 48.5 Å². The molecule has 0 spiro atoms. The first-order chi connectivity index (χ1) is 20.2. The normalized spacial score (nSPS) is 13.9. The number of carbonyl (C=O) groups excluding carboxylic acids is 1. The second-order valence-electron chi connectivity index (χ2n) is 9.39. The topological polar surface area (TPSA) is 156 Å². The van der Waals surface area contributed by atoms with E-state index in [1.807, 2.05) is 0 Å². The van der Waals surface area contributed by atoms with Crippen molar-refractivity contribution in [1.82, 2.24) is 0 Å². The van der Waals surface area contributed by atoms with Crippen LogP contribution in [0.15, 0.2) is 88.1 Å². The Labute approximate surface area is 239 Å². The van der Waals surface area contributed by atoms with Crippen molar-refractivity contribution in [2.24, 2.45) is 0 Å². The third-order valence-corrected chi connectivity index (χ3v) is 6.65. The molecule has 5 aromatic rings. The molecule has 0 amide bonds. The first kappa shape index (κ1) is 27.9. The van der Waals surface area contributed by atoms with Gasteiger partial charge in [-0.15, -0.1) is 0 Å². The molecule has 1 aliphatic heterocycles. The summed E-state index contributed by atoms with van der Waals surface area (Å²) in [6.07, 6.45) is -0.311. The zero-order valence-corrected chi connectivity index (χ0v) is 22.5. The van der Waals surface area contributed by atoms with E-state index in [4.69, 9.17) is 18.6 Å². The standard InChI is InChI=1S/C16H14O5.C16H12O5/c2*1-20-11-6-12(18)16-13(19)8-14(21-15(16)7-11)9-2-4-10(17)5-3-9/h2-7,14,17-18H,8H2,1H3;2-8,17-18H,1H3. The number of hydrogen-bond acceptors (Lipinski definition) is 10. The molecule has 0 fully saturated rings. The molecule has 1 unspecified atom stereocenters. The fraction of sp³-hybridized carbons (Fsp3) is 0.125. The molecule has 42 heavy (non-hydrogen) atoms. The number of phenols is 4. The van der Waals surface area contributed by atoms with Crippen LogP contribution in [0.3, 0.4) is 0 Å². The molecule has 0 saturated heterocycles. The van der Waals surface area contributed by atoms with Gasteiger partial charge in [-0.25, -0.2) is 0 Å². The number of phenolic OH excluding ortho intramolecular Hbond substituents is 4. The maximum absolute atomic E-state index is 12.2. The molecule has 0 aliphatic carbocycles. The highest BCUT2D eigenvalue weighted by Crippen LogP contribution is 2.42. The lowest BCUT2D eigenvalue weighted by Gasteiger charge is -2.26. The largest absolute Gasteiger partial charge is 0.508 e. The van der Waals surface area contributed by atoms with Crippen molar-refractivity contribution < 1.29 is 43.8 Å². The summed E-state index contributed by atoms with van der Waals surface area (Å²) >= 11 is 0. The van der Waals surface area contributed by atoms with Gasteiger partial charge in [0, 0.05) is 35.9 Å². The Kier molecular flexibility index (Phi) is 7.61. The smallest absolute Gasteiger partial charge is 0.197 e. The van der Waals surface area contributed by atoms with Gasteiger partial charge < -0.3 is 39.1 Å². The molecule has 1 atom stereocenters. The number of hydrogen-bond donors (Lipinski definition) is 4. The Morgan fingerprint density at radius 3 is 1.98 bits per heavy atom. The highest BCUT2D eigenvalue weighted by Gasteiger charge is 2.30. The summed E-state index contributed by atoms with van der Waals surface area (Å²) < 4.78 is 21.6. The number of benzene rings is 4. The van der Waals surface area contributed by atoms with Crippen LogP contribution >= 0.6 is 0 Å². The minimum absolute atomic E-state index is 0.110. The summed E-state index contributed by atoms with van der Waals surface area (Å²) in [7, 11) is 2.94. The molecule has 6 rings (SSSR count). The van der Waals surface area contributed by atoms with Gasteiger partial charge in [-0.05, 0) is 42.0 Å². The molecule has 4 N–H and O–H groups in total. The summed E-state index contributed by atoms with van der Waals surface area (Å²) in [5, 5.41) is 38.5. The molecule has 1 aliphatic rings. The number of ether oxygens (including phenoxy) is 3. The molecule has 214 valence electrons. The van der Waals surface area contributed by atoms with E-state index in [9.17, 15) is 30.0 Å². The number of rotatable bonds is 4. The molecule has 0 radical (unpaired) electrons. The zero-order chi connectivity index (χ0) is 30.0. The van der Waals surface area contributed by atoms with Crippen LogP contribution in [0.5, 0.6) is 40.2 Å². The van der Waals surface area contributed by atoms with E-state index < -0.39 is 6.10 Å². The predicted molar refractivity (Wildman–Crippen MR) is 153 cm³/mol. The van der Waals surface area contributed by atoms with Crippen molar-refractivity contribution in [3.63, 3.8) is 0 Å². The molecule has 4 aromatic carbocycles. The Bertz CT molecular complexity index is 1820. The van der Waals surface area contributed by atoms with Gasteiger partial charge in [0.05, 0.1) is 20.6 Å². The fourth-order valence-corrected chi connectivity index (χ4v) is 4.54. The van der Waals surface area contributed by atoms with Crippen molar-refractivity contribution in [3.8, 4) is 51.6 Å². The Hall–Kier alpha value is -5.64. The minimum Gasteiger partial charge on any atom is -0.508 e. The monoisotopic (exact) mass is 570 g/mol. The van der Waals surface area contributed by atoms with E-state index >= 15 is 0 Å². The first-order valence-corrected chi connectivity index (χ1v) is 12.7. The van der Waals surface area contributed by atoms with Gasteiger partial charge >= 0.3 is 0 Å². The Morgan fingerprint density at radius 2 is 1.33 bits per heavy atom. The number of methoxy groups -OCH3 is 2. The third kappa shape index (κ3) is 5.64. The van der Waals surface area contributed by atoms with Crippen LogP contribution in [0.1, 0.15) is 28.4 Å². The van der Waals surface area contributed by atoms with Crippen molar-refractivity contribution in [2.75, 3.05) is 14.2 Å². The summed E-state index contributed by atoms with van der Waals surface area (Å²) in [5.74, 6) is 1.24. The second kappa shape index (κ2) is 11.5. The quantitative estimate of drug-likeness (QED) is 0.212. The molecule has 10 heteroatoms. The highest BCUT2D eigenvalue weighted by atomic mass is 16.5. The summed E-state index contributed by atoms with van der Waals surface area (Å²) in [5.41, 5.74) is 1.51. The first-order valence-electron chi connectivity index (χ1n) is 12.7. The van der Waals surface area contributed by atoms with Gasteiger partial charge in [-0.2, -0.15) is 0 Å². The molecule has 2 heterocycles. The van der Waals surface area contributed by atoms with Crippen LogP contribution in [0, 0.1) is 0 Å². The molecule has 10 nitrogen and oxygen atoms in total. The second-order valence-corrected chi connectivity index (χ2v) is 9.39. The lowest BCUT2D eigenvalue weighted by atomic mass is 9.95. The summed E-state index contributed by atoms with van der Waals surface area (Å²) in [4.78, 5) is 24.4. The van der Waals surface area contributed by atoms with E-state index in [0.29, 0.717) is 28.6 Å². The van der Waals surface area contributed by atoms with Crippen molar-refractivity contribution in [3.05, 3.63) is 100 Å². The maximum Gasteiger partial charge on any atom is 0.197 e. The van der Waals surface area contributed by atoms with Crippen molar-refractivity contribution in [2.45, 2.75) is 12.5 Å². The summed E-state index contributed by atoms with van der Waals surface area (Å²) in [6, 6.07) is 20.0. The average molecular weight is 571 g/mol. The van der Waals surface area contributed by atoms with Gasteiger partial charge in [0.1, 0.15) is 68.6 Å². The fourth-order valence-electron chi connectivity index (χ4n) is 4.54.